The number of rotatable bonds is 7. The van der Waals surface area contributed by atoms with E-state index in [2.05, 4.69) is 46.9 Å². The van der Waals surface area contributed by atoms with Crippen molar-refractivity contribution < 1.29 is 19.4 Å². The highest BCUT2D eigenvalue weighted by atomic mass is 79.9. The molecule has 8 heteroatoms. The van der Waals surface area contributed by atoms with Crippen molar-refractivity contribution in [2.75, 3.05) is 13.2 Å². The highest BCUT2D eigenvalue weighted by Gasteiger charge is 2.40. The lowest BCUT2D eigenvalue weighted by molar-refractivity contribution is -0.136. The Bertz CT molecular complexity index is 1120. The molecule has 1 amide bonds. The Balaban J connectivity index is 1.54. The first-order chi connectivity index (χ1) is 17.6. The third kappa shape index (κ3) is 6.92. The molecule has 198 valence electrons. The van der Waals surface area contributed by atoms with Crippen LogP contribution in [0.5, 0.6) is 0 Å². The van der Waals surface area contributed by atoms with Crippen LogP contribution in [0, 0.1) is 11.3 Å². The lowest BCUT2D eigenvalue weighted by Gasteiger charge is -2.41. The van der Waals surface area contributed by atoms with Gasteiger partial charge in [-0.1, -0.05) is 48.8 Å². The van der Waals surface area contributed by atoms with Crippen molar-refractivity contribution in [1.29, 1.82) is 0 Å². The van der Waals surface area contributed by atoms with Gasteiger partial charge in [0.15, 0.2) is 0 Å². The molecule has 0 bridgehead atoms. The van der Waals surface area contributed by atoms with Crippen LogP contribution in [0.1, 0.15) is 74.8 Å². The van der Waals surface area contributed by atoms with Gasteiger partial charge in [-0.05, 0) is 79.0 Å². The average molecular weight is 571 g/mol. The number of amides is 1. The van der Waals surface area contributed by atoms with Gasteiger partial charge in [0, 0.05) is 22.6 Å². The molecule has 2 aromatic rings. The minimum atomic E-state index is -0.936. The predicted octanol–water partition coefficient (Wildman–Crippen LogP) is 6.32. The highest BCUT2D eigenvalue weighted by molar-refractivity contribution is 9.10. The molecule has 4 rings (SSSR count). The smallest absolute Gasteiger partial charge is 0.305 e. The van der Waals surface area contributed by atoms with Crippen molar-refractivity contribution in [2.24, 2.45) is 16.3 Å². The Morgan fingerprint density at radius 1 is 1.05 bits per heavy atom. The quantitative estimate of drug-likeness (QED) is 0.407. The van der Waals surface area contributed by atoms with Crippen LogP contribution < -0.4 is 5.32 Å². The van der Waals surface area contributed by atoms with E-state index in [0.717, 1.165) is 28.6 Å². The third-order valence-corrected chi connectivity index (χ3v) is 8.00. The molecule has 2 fully saturated rings. The summed E-state index contributed by atoms with van der Waals surface area (Å²) in [7, 11) is 0. The number of carboxylic acids is 1. The number of carbonyl (C=O) groups is 2. The Morgan fingerprint density at radius 2 is 1.70 bits per heavy atom. The van der Waals surface area contributed by atoms with E-state index in [1.165, 1.54) is 12.8 Å². The second-order valence-electron chi connectivity index (χ2n) is 11.0. The first-order valence-corrected chi connectivity index (χ1v) is 13.8. The van der Waals surface area contributed by atoms with Crippen LogP contribution in [0.2, 0.25) is 0 Å². The van der Waals surface area contributed by atoms with E-state index in [0.29, 0.717) is 35.6 Å². The minimum Gasteiger partial charge on any atom is -0.481 e. The first-order valence-electron chi connectivity index (χ1n) is 13.0. The van der Waals surface area contributed by atoms with Crippen molar-refractivity contribution in [3.8, 4) is 0 Å². The average Bonchev–Trinajstić information content (AvgIpc) is 3.28. The van der Waals surface area contributed by atoms with Gasteiger partial charge in [0.1, 0.15) is 6.61 Å². The van der Waals surface area contributed by atoms with Gasteiger partial charge in [-0.2, -0.15) is 4.99 Å². The van der Waals surface area contributed by atoms with Gasteiger partial charge >= 0.3 is 5.97 Å². The van der Waals surface area contributed by atoms with Crippen LogP contribution in [-0.2, 0) is 9.53 Å². The molecule has 1 atom stereocenters. The van der Waals surface area contributed by atoms with E-state index in [1.54, 1.807) is 12.1 Å². The standard InChI is InChI=1S/C29H36BrN3O4/c1-29(2,3)21-8-14-24(15-9-21)33-25(18-37-28(33)32-23-12-10-22(30)11-13-23)19-4-6-20(7-5-19)27(36)31-17-16-26(34)35/h4-7,10-13,21,24-25H,8-9,14-18H2,1-3H3,(H,31,36)(H,34,35). The second-order valence-corrected chi connectivity index (χ2v) is 11.9. The number of nitrogens with zero attached hydrogens (tertiary/aromatic N) is 2. The zero-order valence-electron chi connectivity index (χ0n) is 21.7. The van der Waals surface area contributed by atoms with Crippen LogP contribution in [0.25, 0.3) is 0 Å². The molecule has 2 aromatic carbocycles. The molecule has 1 heterocycles. The molecule has 0 radical (unpaired) electrons. The van der Waals surface area contributed by atoms with Gasteiger partial charge in [-0.25, -0.2) is 0 Å². The fourth-order valence-corrected chi connectivity index (χ4v) is 5.55. The number of hydrogen-bond acceptors (Lipinski definition) is 4. The Hall–Kier alpha value is -2.87. The molecule has 1 unspecified atom stereocenters. The molecule has 0 spiro atoms. The fraction of sp³-hybridized carbons (Fsp3) is 0.483. The molecule has 1 aliphatic heterocycles. The first kappa shape index (κ1) is 27.2. The lowest BCUT2D eigenvalue weighted by atomic mass is 9.71. The molecule has 2 aliphatic rings. The van der Waals surface area contributed by atoms with Crippen LogP contribution in [0.15, 0.2) is 58.0 Å². The second kappa shape index (κ2) is 11.7. The van der Waals surface area contributed by atoms with Crippen LogP contribution in [0.3, 0.4) is 0 Å². The van der Waals surface area contributed by atoms with E-state index < -0.39 is 5.97 Å². The summed E-state index contributed by atoms with van der Waals surface area (Å²) in [4.78, 5) is 30.3. The number of aliphatic imine (C=N–C) groups is 1. The molecular formula is C29H36BrN3O4. The number of benzene rings is 2. The summed E-state index contributed by atoms with van der Waals surface area (Å²) >= 11 is 3.49. The maximum atomic E-state index is 12.4. The SMILES string of the molecule is CC(C)(C)C1CCC(N2C(=Nc3ccc(Br)cc3)OCC2c2ccc(C(=O)NCCC(=O)O)cc2)CC1. The number of carbonyl (C=O) groups excluding carboxylic acids is 1. The van der Waals surface area contributed by atoms with Gasteiger partial charge in [0.25, 0.3) is 11.9 Å². The summed E-state index contributed by atoms with van der Waals surface area (Å²) < 4.78 is 7.20. The summed E-state index contributed by atoms with van der Waals surface area (Å²) in [5.74, 6) is -0.504. The van der Waals surface area contributed by atoms with E-state index in [1.807, 2.05) is 36.4 Å². The van der Waals surface area contributed by atoms with E-state index >= 15 is 0 Å². The van der Waals surface area contributed by atoms with Gasteiger partial charge in [-0.15, -0.1) is 0 Å². The predicted molar refractivity (Wildman–Crippen MR) is 148 cm³/mol. The molecule has 37 heavy (non-hydrogen) atoms. The van der Waals surface area contributed by atoms with E-state index in [4.69, 9.17) is 14.8 Å². The number of carboxylic acid groups (broad SMARTS) is 1. The van der Waals surface area contributed by atoms with Crippen molar-refractivity contribution in [3.05, 3.63) is 64.1 Å². The Labute approximate surface area is 227 Å². The maximum absolute atomic E-state index is 12.4. The van der Waals surface area contributed by atoms with Gasteiger partial charge in [-0.3, -0.25) is 9.59 Å². The van der Waals surface area contributed by atoms with Crippen molar-refractivity contribution in [3.63, 3.8) is 0 Å². The van der Waals surface area contributed by atoms with Gasteiger partial charge in [0.05, 0.1) is 18.2 Å². The van der Waals surface area contributed by atoms with E-state index in [9.17, 15) is 9.59 Å². The summed E-state index contributed by atoms with van der Waals surface area (Å²) in [6.45, 7) is 7.60. The normalized spacial score (nSPS) is 23.1. The number of ether oxygens (including phenoxy) is 1. The van der Waals surface area contributed by atoms with Crippen LogP contribution in [0.4, 0.5) is 5.69 Å². The summed E-state index contributed by atoms with van der Waals surface area (Å²) in [6, 6.07) is 16.4. The molecule has 1 aliphatic carbocycles. The zero-order valence-corrected chi connectivity index (χ0v) is 23.3. The summed E-state index contributed by atoms with van der Waals surface area (Å²) in [5, 5.41) is 11.4. The highest BCUT2D eigenvalue weighted by Crippen LogP contribution is 2.42. The molecule has 2 N–H and O–H groups in total. The Morgan fingerprint density at radius 3 is 2.30 bits per heavy atom. The summed E-state index contributed by atoms with van der Waals surface area (Å²) in [5.41, 5.74) is 2.73. The Kier molecular flexibility index (Phi) is 8.57. The number of amidine groups is 1. The molecule has 7 nitrogen and oxygen atoms in total. The van der Waals surface area contributed by atoms with Crippen LogP contribution in [-0.4, -0.2) is 47.1 Å². The van der Waals surface area contributed by atoms with Crippen LogP contribution >= 0.6 is 15.9 Å². The minimum absolute atomic E-state index is 0.00880. The number of halogens is 1. The largest absolute Gasteiger partial charge is 0.481 e. The summed E-state index contributed by atoms with van der Waals surface area (Å²) in [6.07, 6.45) is 4.43. The number of nitrogens with one attached hydrogen (secondary N) is 1. The molecule has 1 saturated carbocycles. The fourth-order valence-electron chi connectivity index (χ4n) is 5.29. The zero-order chi connectivity index (χ0) is 26.6. The lowest BCUT2D eigenvalue weighted by Crippen LogP contribution is -2.42. The van der Waals surface area contributed by atoms with Gasteiger partial charge < -0.3 is 20.1 Å². The topological polar surface area (TPSA) is 91.2 Å². The number of hydrogen-bond donors (Lipinski definition) is 2. The maximum Gasteiger partial charge on any atom is 0.305 e. The van der Waals surface area contributed by atoms with Crippen molar-refractivity contribution in [1.82, 2.24) is 10.2 Å². The van der Waals surface area contributed by atoms with E-state index in [-0.39, 0.29) is 24.9 Å². The molecular weight excluding hydrogens is 534 g/mol. The number of aliphatic carboxylic acids is 1. The van der Waals surface area contributed by atoms with Crippen molar-refractivity contribution in [2.45, 2.75) is 65.0 Å². The third-order valence-electron chi connectivity index (χ3n) is 7.48. The molecule has 0 aromatic heterocycles. The van der Waals surface area contributed by atoms with Crippen molar-refractivity contribution >= 4 is 39.5 Å². The monoisotopic (exact) mass is 569 g/mol. The van der Waals surface area contributed by atoms with Gasteiger partial charge in [0.2, 0.25) is 0 Å². The molecule has 1 saturated heterocycles.